The molecule has 2 heterocycles. The molecule has 0 radical (unpaired) electrons. The maximum Gasteiger partial charge on any atom is 0.257 e. The Labute approximate surface area is 168 Å². The number of aromatic nitrogens is 1. The summed E-state index contributed by atoms with van der Waals surface area (Å²) in [5.74, 6) is -0.227. The number of nitrogens with one attached hydrogen (secondary N) is 2. The average Bonchev–Trinajstić information content (AvgIpc) is 3.29. The zero-order valence-electron chi connectivity index (χ0n) is 16.0. The molecule has 0 aliphatic rings. The maximum absolute atomic E-state index is 12.7. The second-order valence-electron chi connectivity index (χ2n) is 6.24. The van der Waals surface area contributed by atoms with E-state index < -0.39 is 0 Å². The number of nitrogens with two attached hydrogens (primary N) is 1. The van der Waals surface area contributed by atoms with E-state index in [-0.39, 0.29) is 11.8 Å². The Kier molecular flexibility index (Phi) is 6.59. The van der Waals surface area contributed by atoms with Crippen LogP contribution in [0, 0.1) is 0 Å². The lowest BCUT2D eigenvalue weighted by atomic mass is 10.1. The van der Waals surface area contributed by atoms with Crippen LogP contribution in [0.3, 0.4) is 0 Å². The monoisotopic (exact) mass is 394 g/mol. The summed E-state index contributed by atoms with van der Waals surface area (Å²) in [6.45, 7) is 0.945. The van der Waals surface area contributed by atoms with Gasteiger partial charge in [0.25, 0.3) is 11.8 Å². The Morgan fingerprint density at radius 2 is 2.00 bits per heavy atom. The van der Waals surface area contributed by atoms with E-state index in [1.165, 1.54) is 13.3 Å². The van der Waals surface area contributed by atoms with Crippen LogP contribution in [0.5, 0.6) is 5.75 Å². The fourth-order valence-electron chi connectivity index (χ4n) is 2.72. The number of hydrogen-bond acceptors (Lipinski definition) is 6. The van der Waals surface area contributed by atoms with Crippen LogP contribution < -0.4 is 21.1 Å². The zero-order valence-corrected chi connectivity index (χ0v) is 16.0. The van der Waals surface area contributed by atoms with Gasteiger partial charge in [0, 0.05) is 35.8 Å². The summed E-state index contributed by atoms with van der Waals surface area (Å²) in [4.78, 5) is 29.2. The highest BCUT2D eigenvalue weighted by atomic mass is 16.5. The molecule has 0 unspecified atom stereocenters. The number of ether oxygens (including phenoxy) is 1. The molecule has 150 valence electrons. The Bertz CT molecular complexity index is 986. The maximum atomic E-state index is 12.7. The first-order valence-corrected chi connectivity index (χ1v) is 9.07. The largest absolute Gasteiger partial charge is 0.496 e. The molecule has 2 aromatic heterocycles. The molecule has 0 saturated carbocycles. The number of benzene rings is 1. The van der Waals surface area contributed by atoms with Crippen molar-refractivity contribution in [1.82, 2.24) is 10.3 Å². The van der Waals surface area contributed by atoms with Crippen LogP contribution >= 0.6 is 0 Å². The Balaban J connectivity index is 1.77. The number of amides is 2. The van der Waals surface area contributed by atoms with Gasteiger partial charge < -0.3 is 25.5 Å². The molecule has 3 aromatic rings. The minimum atomic E-state index is -0.345. The third kappa shape index (κ3) is 4.99. The van der Waals surface area contributed by atoms with Gasteiger partial charge in [-0.1, -0.05) is 0 Å². The molecule has 0 atom stereocenters. The molecule has 0 bridgehead atoms. The standard InChI is InChI=1S/C21H22N4O4/c1-28-19-4-3-17(10-18(19)21(27)24-7-2-6-22)25-20(26)16-9-15(11-23-12-16)14-5-8-29-13-14/h3-5,8-13H,2,6-7,22H2,1H3,(H,24,27)(H,25,26). The highest BCUT2D eigenvalue weighted by molar-refractivity contribution is 6.06. The highest BCUT2D eigenvalue weighted by Crippen LogP contribution is 2.24. The quantitative estimate of drug-likeness (QED) is 0.505. The molecular weight excluding hydrogens is 372 g/mol. The Morgan fingerprint density at radius 3 is 2.72 bits per heavy atom. The lowest BCUT2D eigenvalue weighted by Crippen LogP contribution is -2.26. The molecule has 4 N–H and O–H groups in total. The third-order valence-corrected chi connectivity index (χ3v) is 4.22. The number of nitrogens with zero attached hydrogens (tertiary/aromatic N) is 1. The van der Waals surface area contributed by atoms with Gasteiger partial charge in [-0.05, 0) is 43.3 Å². The zero-order chi connectivity index (χ0) is 20.6. The fraction of sp³-hybridized carbons (Fsp3) is 0.190. The van der Waals surface area contributed by atoms with Crippen LogP contribution in [-0.2, 0) is 0 Å². The number of rotatable bonds is 8. The SMILES string of the molecule is COc1ccc(NC(=O)c2cncc(-c3ccoc3)c2)cc1C(=O)NCCCN. The lowest BCUT2D eigenvalue weighted by molar-refractivity contribution is 0.0949. The van der Waals surface area contributed by atoms with Crippen molar-refractivity contribution in [3.8, 4) is 16.9 Å². The van der Waals surface area contributed by atoms with Gasteiger partial charge in [-0.15, -0.1) is 0 Å². The van der Waals surface area contributed by atoms with Gasteiger partial charge in [-0.25, -0.2) is 0 Å². The van der Waals surface area contributed by atoms with E-state index >= 15 is 0 Å². The van der Waals surface area contributed by atoms with Crippen molar-refractivity contribution in [2.45, 2.75) is 6.42 Å². The average molecular weight is 394 g/mol. The smallest absolute Gasteiger partial charge is 0.257 e. The van der Waals surface area contributed by atoms with E-state index in [9.17, 15) is 9.59 Å². The number of furan rings is 1. The molecule has 0 aliphatic heterocycles. The van der Waals surface area contributed by atoms with Crippen molar-refractivity contribution in [3.63, 3.8) is 0 Å². The third-order valence-electron chi connectivity index (χ3n) is 4.22. The van der Waals surface area contributed by atoms with Gasteiger partial charge in [0.15, 0.2) is 0 Å². The van der Waals surface area contributed by atoms with E-state index in [1.807, 2.05) is 0 Å². The molecule has 2 amide bonds. The highest BCUT2D eigenvalue weighted by Gasteiger charge is 2.15. The number of carbonyl (C=O) groups excluding carboxylic acids is 2. The van der Waals surface area contributed by atoms with Crippen LogP contribution in [-0.4, -0.2) is 37.0 Å². The van der Waals surface area contributed by atoms with E-state index in [0.717, 1.165) is 11.1 Å². The topological polar surface area (TPSA) is 119 Å². The van der Waals surface area contributed by atoms with Crippen molar-refractivity contribution >= 4 is 17.5 Å². The molecule has 0 spiro atoms. The van der Waals surface area contributed by atoms with Crippen LogP contribution in [0.1, 0.15) is 27.1 Å². The van der Waals surface area contributed by atoms with Gasteiger partial charge in [-0.3, -0.25) is 14.6 Å². The summed E-state index contributed by atoms with van der Waals surface area (Å²) in [7, 11) is 1.48. The Morgan fingerprint density at radius 1 is 1.14 bits per heavy atom. The van der Waals surface area contributed by atoms with Crippen LogP contribution in [0.25, 0.3) is 11.1 Å². The molecule has 0 saturated heterocycles. The number of hydrogen-bond donors (Lipinski definition) is 3. The van der Waals surface area contributed by atoms with Crippen LogP contribution in [0.4, 0.5) is 5.69 Å². The van der Waals surface area contributed by atoms with E-state index in [4.69, 9.17) is 14.9 Å². The number of carbonyl (C=O) groups is 2. The fourth-order valence-corrected chi connectivity index (χ4v) is 2.72. The Hall–Kier alpha value is -3.65. The molecule has 0 aliphatic carbocycles. The molecule has 8 nitrogen and oxygen atoms in total. The van der Waals surface area contributed by atoms with Crippen molar-refractivity contribution in [2.24, 2.45) is 5.73 Å². The molecule has 0 fully saturated rings. The first kappa shape index (κ1) is 20.1. The first-order valence-electron chi connectivity index (χ1n) is 9.07. The van der Waals surface area contributed by atoms with Crippen LogP contribution in [0.2, 0.25) is 0 Å². The summed E-state index contributed by atoms with van der Waals surface area (Å²) in [6.07, 6.45) is 6.93. The molecule has 1 aromatic carbocycles. The summed E-state index contributed by atoms with van der Waals surface area (Å²) in [5.41, 5.74) is 8.22. The van der Waals surface area contributed by atoms with Crippen molar-refractivity contribution in [2.75, 3.05) is 25.5 Å². The summed E-state index contributed by atoms with van der Waals surface area (Å²) >= 11 is 0. The second-order valence-corrected chi connectivity index (χ2v) is 6.24. The number of anilines is 1. The number of methoxy groups -OCH3 is 1. The predicted molar refractivity (Wildman–Crippen MR) is 109 cm³/mol. The van der Waals surface area contributed by atoms with E-state index in [2.05, 4.69) is 15.6 Å². The molecule has 29 heavy (non-hydrogen) atoms. The lowest BCUT2D eigenvalue weighted by Gasteiger charge is -2.12. The predicted octanol–water partition coefficient (Wildman–Crippen LogP) is 2.68. The normalized spacial score (nSPS) is 10.4. The van der Waals surface area contributed by atoms with Gasteiger partial charge in [0.1, 0.15) is 5.75 Å². The van der Waals surface area contributed by atoms with Crippen molar-refractivity contribution < 1.29 is 18.7 Å². The van der Waals surface area contributed by atoms with Gasteiger partial charge in [0.2, 0.25) is 0 Å². The van der Waals surface area contributed by atoms with Gasteiger partial charge in [-0.2, -0.15) is 0 Å². The minimum absolute atomic E-state index is 0.296. The molecular formula is C21H22N4O4. The summed E-state index contributed by atoms with van der Waals surface area (Å²) in [6, 6.07) is 8.38. The van der Waals surface area contributed by atoms with Gasteiger partial charge in [0.05, 0.1) is 30.8 Å². The van der Waals surface area contributed by atoms with Crippen LogP contribution in [0.15, 0.2) is 59.7 Å². The second kappa shape index (κ2) is 9.52. The minimum Gasteiger partial charge on any atom is -0.496 e. The van der Waals surface area contributed by atoms with Crippen molar-refractivity contribution in [1.29, 1.82) is 0 Å². The molecule has 8 heteroatoms. The summed E-state index contributed by atoms with van der Waals surface area (Å²) < 4.78 is 10.3. The van der Waals surface area contributed by atoms with E-state index in [1.54, 1.807) is 49.1 Å². The van der Waals surface area contributed by atoms with E-state index in [0.29, 0.717) is 42.1 Å². The van der Waals surface area contributed by atoms with Crippen molar-refractivity contribution in [3.05, 3.63) is 66.4 Å². The number of pyridine rings is 1. The molecule has 3 rings (SSSR count). The summed E-state index contributed by atoms with van der Waals surface area (Å²) in [5, 5.41) is 5.57. The van der Waals surface area contributed by atoms with Gasteiger partial charge >= 0.3 is 0 Å². The first-order chi connectivity index (χ1) is 14.1.